The third-order valence-corrected chi connectivity index (χ3v) is 3.93. The highest BCUT2D eigenvalue weighted by atomic mass is 32.2. The van der Waals surface area contributed by atoms with Crippen molar-refractivity contribution < 1.29 is 5.11 Å². The monoisotopic (exact) mass is 274 g/mol. The number of nitrogens with one attached hydrogen (secondary N) is 2. The van der Waals surface area contributed by atoms with Gasteiger partial charge >= 0.3 is 0 Å². The predicted molar refractivity (Wildman–Crippen MR) is 76.1 cm³/mol. The van der Waals surface area contributed by atoms with E-state index in [1.165, 1.54) is 0 Å². The first-order valence-electron chi connectivity index (χ1n) is 5.91. The molecule has 2 aromatic heterocycles. The molecule has 1 aromatic carbocycles. The number of aliphatic hydroxyl groups is 1. The predicted octanol–water partition coefficient (Wildman–Crippen LogP) is 2.48. The number of hydrogen-bond donors (Lipinski definition) is 3. The smallest absolute Gasteiger partial charge is 0.159 e. The number of imidazole rings is 1. The number of aliphatic hydroxyl groups excluding tert-OH is 1. The summed E-state index contributed by atoms with van der Waals surface area (Å²) in [5.41, 5.74) is 4.57. The molecule has 0 saturated heterocycles. The van der Waals surface area contributed by atoms with E-state index in [2.05, 4.69) is 20.2 Å². The summed E-state index contributed by atoms with van der Waals surface area (Å²) in [4.78, 5) is 7.80. The SMILES string of the molecule is CSc1[nH]nc(-c2nc3cc(CO)ccc3[nH]2)c1C. The number of thioether (sulfide) groups is 1. The number of nitrogens with zero attached hydrogens (tertiary/aromatic N) is 2. The van der Waals surface area contributed by atoms with Gasteiger partial charge in [-0.1, -0.05) is 6.07 Å². The van der Waals surface area contributed by atoms with Crippen LogP contribution in [-0.4, -0.2) is 31.5 Å². The quantitative estimate of drug-likeness (QED) is 0.641. The van der Waals surface area contributed by atoms with E-state index >= 15 is 0 Å². The van der Waals surface area contributed by atoms with Gasteiger partial charge in [0.25, 0.3) is 0 Å². The molecule has 2 heterocycles. The van der Waals surface area contributed by atoms with Crippen LogP contribution in [0.4, 0.5) is 0 Å². The number of aromatic nitrogens is 4. The van der Waals surface area contributed by atoms with Gasteiger partial charge in [-0.2, -0.15) is 5.10 Å². The van der Waals surface area contributed by atoms with Crippen LogP contribution >= 0.6 is 11.8 Å². The highest BCUT2D eigenvalue weighted by molar-refractivity contribution is 7.98. The van der Waals surface area contributed by atoms with Crippen molar-refractivity contribution in [3.05, 3.63) is 29.3 Å². The average molecular weight is 274 g/mol. The topological polar surface area (TPSA) is 77.6 Å². The summed E-state index contributed by atoms with van der Waals surface area (Å²) in [7, 11) is 0. The summed E-state index contributed by atoms with van der Waals surface area (Å²) in [5.74, 6) is 0.749. The minimum absolute atomic E-state index is 0.0240. The van der Waals surface area contributed by atoms with Crippen molar-refractivity contribution in [2.75, 3.05) is 6.26 Å². The Kier molecular flexibility index (Phi) is 3.04. The number of rotatable bonds is 3. The maximum atomic E-state index is 9.14. The Labute approximate surface area is 114 Å². The van der Waals surface area contributed by atoms with Gasteiger partial charge in [-0.3, -0.25) is 5.10 Å². The molecule has 0 aliphatic heterocycles. The van der Waals surface area contributed by atoms with E-state index in [0.717, 1.165) is 38.7 Å². The van der Waals surface area contributed by atoms with Gasteiger partial charge in [0.15, 0.2) is 5.82 Å². The Hall–Kier alpha value is -1.79. The van der Waals surface area contributed by atoms with E-state index in [1.807, 2.05) is 31.4 Å². The van der Waals surface area contributed by atoms with E-state index in [1.54, 1.807) is 11.8 Å². The Morgan fingerprint density at radius 2 is 2.21 bits per heavy atom. The largest absolute Gasteiger partial charge is 0.392 e. The van der Waals surface area contributed by atoms with E-state index in [9.17, 15) is 0 Å². The lowest BCUT2D eigenvalue weighted by molar-refractivity contribution is 0.282. The van der Waals surface area contributed by atoms with Crippen molar-refractivity contribution in [2.45, 2.75) is 18.6 Å². The minimum Gasteiger partial charge on any atom is -0.392 e. The number of H-pyrrole nitrogens is 2. The zero-order valence-corrected chi connectivity index (χ0v) is 11.5. The molecular formula is C13H14N4OS. The van der Waals surface area contributed by atoms with Crippen LogP contribution in [0.25, 0.3) is 22.6 Å². The van der Waals surface area contributed by atoms with Crippen molar-refractivity contribution in [1.29, 1.82) is 0 Å². The van der Waals surface area contributed by atoms with E-state index < -0.39 is 0 Å². The summed E-state index contributed by atoms with van der Waals surface area (Å²) < 4.78 is 0. The highest BCUT2D eigenvalue weighted by Crippen LogP contribution is 2.27. The Bertz CT molecular complexity index is 731. The zero-order valence-electron chi connectivity index (χ0n) is 10.7. The molecule has 0 fully saturated rings. The van der Waals surface area contributed by atoms with E-state index in [0.29, 0.717) is 0 Å². The molecule has 19 heavy (non-hydrogen) atoms. The molecule has 0 aliphatic rings. The third-order valence-electron chi connectivity index (χ3n) is 3.12. The van der Waals surface area contributed by atoms with Crippen LogP contribution in [0.2, 0.25) is 0 Å². The third kappa shape index (κ3) is 2.02. The molecule has 3 aromatic rings. The maximum Gasteiger partial charge on any atom is 0.159 e. The molecule has 0 atom stereocenters. The molecule has 0 aliphatic carbocycles. The van der Waals surface area contributed by atoms with Crippen LogP contribution in [0.1, 0.15) is 11.1 Å². The minimum atomic E-state index is 0.0240. The Morgan fingerprint density at radius 1 is 1.37 bits per heavy atom. The molecule has 6 heteroatoms. The normalized spacial score (nSPS) is 11.3. The fraction of sp³-hybridized carbons (Fsp3) is 0.231. The lowest BCUT2D eigenvalue weighted by atomic mass is 10.2. The van der Waals surface area contributed by atoms with Crippen molar-refractivity contribution >= 4 is 22.8 Å². The second-order valence-electron chi connectivity index (χ2n) is 4.33. The van der Waals surface area contributed by atoms with Gasteiger partial charge in [0.2, 0.25) is 0 Å². The van der Waals surface area contributed by atoms with Gasteiger partial charge in [-0.25, -0.2) is 4.98 Å². The molecule has 5 nitrogen and oxygen atoms in total. The van der Waals surface area contributed by atoms with Crippen LogP contribution in [0, 0.1) is 6.92 Å². The standard InChI is InChI=1S/C13H14N4OS/c1-7-11(16-17-13(7)19-2)12-14-9-4-3-8(6-18)5-10(9)15-12/h3-5,18H,6H2,1-2H3,(H,14,15)(H,16,17). The first kappa shape index (κ1) is 12.3. The fourth-order valence-corrected chi connectivity index (χ4v) is 2.61. The maximum absolute atomic E-state index is 9.14. The van der Waals surface area contributed by atoms with Crippen LogP contribution in [0.15, 0.2) is 23.2 Å². The van der Waals surface area contributed by atoms with Gasteiger partial charge in [0.1, 0.15) is 5.69 Å². The highest BCUT2D eigenvalue weighted by Gasteiger charge is 2.14. The van der Waals surface area contributed by atoms with Gasteiger partial charge < -0.3 is 10.1 Å². The average Bonchev–Trinajstić information content (AvgIpc) is 3.00. The number of fused-ring (bicyclic) bond motifs is 1. The molecule has 0 bridgehead atoms. The van der Waals surface area contributed by atoms with Crippen molar-refractivity contribution in [2.24, 2.45) is 0 Å². The molecule has 0 saturated carbocycles. The lowest BCUT2D eigenvalue weighted by Crippen LogP contribution is -1.83. The second kappa shape index (κ2) is 4.71. The Balaban J connectivity index is 2.12. The second-order valence-corrected chi connectivity index (χ2v) is 5.14. The van der Waals surface area contributed by atoms with Crippen molar-refractivity contribution in [1.82, 2.24) is 20.2 Å². The summed E-state index contributed by atoms with van der Waals surface area (Å²) in [6.45, 7) is 2.05. The van der Waals surface area contributed by atoms with Crippen molar-refractivity contribution in [3.63, 3.8) is 0 Å². The summed E-state index contributed by atoms with van der Waals surface area (Å²) >= 11 is 1.63. The zero-order chi connectivity index (χ0) is 13.4. The summed E-state index contributed by atoms with van der Waals surface area (Å²) in [5, 5.41) is 17.5. The number of aromatic amines is 2. The van der Waals surface area contributed by atoms with Crippen LogP contribution in [-0.2, 0) is 6.61 Å². The van der Waals surface area contributed by atoms with E-state index in [4.69, 9.17) is 5.11 Å². The molecule has 3 rings (SSSR count). The van der Waals surface area contributed by atoms with Crippen LogP contribution in [0.3, 0.4) is 0 Å². The molecule has 0 unspecified atom stereocenters. The van der Waals surface area contributed by atoms with Gasteiger partial charge in [-0.05, 0) is 30.9 Å². The number of benzene rings is 1. The van der Waals surface area contributed by atoms with Gasteiger partial charge in [-0.15, -0.1) is 11.8 Å². The Morgan fingerprint density at radius 3 is 2.89 bits per heavy atom. The molecule has 0 radical (unpaired) electrons. The first-order valence-corrected chi connectivity index (χ1v) is 7.14. The van der Waals surface area contributed by atoms with E-state index in [-0.39, 0.29) is 6.61 Å². The summed E-state index contributed by atoms with van der Waals surface area (Å²) in [6.07, 6.45) is 2.01. The van der Waals surface area contributed by atoms with Gasteiger partial charge in [0, 0.05) is 5.56 Å². The van der Waals surface area contributed by atoms with Gasteiger partial charge in [0.05, 0.1) is 22.7 Å². The lowest BCUT2D eigenvalue weighted by Gasteiger charge is -1.93. The molecular weight excluding hydrogens is 260 g/mol. The number of hydrogen-bond acceptors (Lipinski definition) is 4. The van der Waals surface area contributed by atoms with Crippen LogP contribution in [0.5, 0.6) is 0 Å². The summed E-state index contributed by atoms with van der Waals surface area (Å²) in [6, 6.07) is 5.69. The molecule has 3 N–H and O–H groups in total. The fourth-order valence-electron chi connectivity index (χ4n) is 2.07. The first-order chi connectivity index (χ1) is 9.22. The van der Waals surface area contributed by atoms with Crippen LogP contribution < -0.4 is 0 Å². The molecule has 0 spiro atoms. The molecule has 98 valence electrons. The van der Waals surface area contributed by atoms with Crippen molar-refractivity contribution in [3.8, 4) is 11.5 Å². The molecule has 0 amide bonds.